The molecule has 0 unspecified atom stereocenters. The van der Waals surface area contributed by atoms with E-state index in [-0.39, 0.29) is 0 Å². The number of hydrogen-bond acceptors (Lipinski definition) is 3. The van der Waals surface area contributed by atoms with Crippen LogP contribution in [0.15, 0.2) is 0 Å². The largest absolute Gasteiger partial charge is 0.301 e. The third-order valence-electron chi connectivity index (χ3n) is 3.62. The van der Waals surface area contributed by atoms with Crippen LogP contribution < -0.4 is 0 Å². The quantitative estimate of drug-likeness (QED) is 0.764. The molecule has 0 aliphatic carbocycles. The van der Waals surface area contributed by atoms with Crippen LogP contribution in [0.1, 0.15) is 44.3 Å². The molecule has 1 saturated heterocycles. The van der Waals surface area contributed by atoms with Gasteiger partial charge >= 0.3 is 0 Å². The van der Waals surface area contributed by atoms with Crippen LogP contribution in [-0.4, -0.2) is 38.8 Å². The Balaban J connectivity index is 1.99. The summed E-state index contributed by atoms with van der Waals surface area (Å²) in [5, 5.41) is 4.49. The summed E-state index contributed by atoms with van der Waals surface area (Å²) in [5.74, 6) is 2.62. The Morgan fingerprint density at radius 1 is 1.25 bits per heavy atom. The molecular weight excluding hydrogens is 200 g/mol. The Bertz CT molecular complexity index is 328. The smallest absolute Gasteiger partial charge is 0.154 e. The lowest BCUT2D eigenvalue weighted by molar-refractivity contribution is 0.169. The Morgan fingerprint density at radius 2 is 1.88 bits per heavy atom. The topological polar surface area (TPSA) is 34.0 Å². The van der Waals surface area contributed by atoms with Crippen molar-refractivity contribution in [2.45, 2.75) is 45.6 Å². The second-order valence-electron chi connectivity index (χ2n) is 5.04. The van der Waals surface area contributed by atoms with Gasteiger partial charge in [-0.15, -0.1) is 0 Å². The van der Waals surface area contributed by atoms with Gasteiger partial charge in [-0.05, 0) is 46.7 Å². The molecule has 0 amide bonds. The highest BCUT2D eigenvalue weighted by Gasteiger charge is 2.24. The molecule has 0 N–H and O–H groups in total. The van der Waals surface area contributed by atoms with Gasteiger partial charge in [0.1, 0.15) is 5.82 Å². The molecule has 1 aliphatic heterocycles. The summed E-state index contributed by atoms with van der Waals surface area (Å²) in [7, 11) is 1.97. The molecule has 1 aromatic heterocycles. The van der Waals surface area contributed by atoms with E-state index in [4.69, 9.17) is 0 Å². The lowest BCUT2D eigenvalue weighted by atomic mass is 9.95. The summed E-state index contributed by atoms with van der Waals surface area (Å²) in [4.78, 5) is 7.07. The molecule has 0 bridgehead atoms. The Labute approximate surface area is 97.7 Å². The predicted molar refractivity (Wildman–Crippen MR) is 64.4 cm³/mol. The van der Waals surface area contributed by atoms with Gasteiger partial charge in [-0.1, -0.05) is 0 Å². The van der Waals surface area contributed by atoms with E-state index in [1.807, 2.05) is 18.7 Å². The van der Waals surface area contributed by atoms with Gasteiger partial charge in [-0.25, -0.2) is 4.98 Å². The lowest BCUT2D eigenvalue weighted by Crippen LogP contribution is -2.38. The normalized spacial score (nSPS) is 19.6. The van der Waals surface area contributed by atoms with Crippen molar-refractivity contribution in [1.82, 2.24) is 19.7 Å². The lowest BCUT2D eigenvalue weighted by Gasteiger charge is -2.33. The number of rotatable bonds is 2. The first-order valence-corrected chi connectivity index (χ1v) is 6.19. The molecule has 0 saturated carbocycles. The third-order valence-corrected chi connectivity index (χ3v) is 3.62. The molecule has 1 aromatic rings. The van der Waals surface area contributed by atoms with Crippen LogP contribution in [-0.2, 0) is 7.05 Å². The van der Waals surface area contributed by atoms with Gasteiger partial charge in [0, 0.05) is 19.0 Å². The van der Waals surface area contributed by atoms with Gasteiger partial charge in [0.2, 0.25) is 0 Å². The molecule has 0 atom stereocenters. The molecule has 1 fully saturated rings. The number of piperidine rings is 1. The standard InChI is InChI=1S/C12H22N4/c1-9(2)16-7-5-11(6-8-16)12-13-10(3)15(4)14-12/h9,11H,5-8H2,1-4H3. The zero-order chi connectivity index (χ0) is 11.7. The Morgan fingerprint density at radius 3 is 2.31 bits per heavy atom. The molecule has 0 radical (unpaired) electrons. The van der Waals surface area contributed by atoms with Crippen molar-refractivity contribution in [2.24, 2.45) is 7.05 Å². The highest BCUT2D eigenvalue weighted by Crippen LogP contribution is 2.26. The number of hydrogen-bond donors (Lipinski definition) is 0. The van der Waals surface area contributed by atoms with Crippen LogP contribution in [0.25, 0.3) is 0 Å². The first-order valence-electron chi connectivity index (χ1n) is 6.19. The second-order valence-corrected chi connectivity index (χ2v) is 5.04. The van der Waals surface area contributed by atoms with E-state index in [0.29, 0.717) is 12.0 Å². The van der Waals surface area contributed by atoms with Crippen LogP contribution in [0.5, 0.6) is 0 Å². The molecule has 4 heteroatoms. The van der Waals surface area contributed by atoms with Crippen molar-refractivity contribution in [1.29, 1.82) is 0 Å². The van der Waals surface area contributed by atoms with E-state index in [1.54, 1.807) is 0 Å². The minimum absolute atomic E-state index is 0.565. The third kappa shape index (κ3) is 2.26. The van der Waals surface area contributed by atoms with Gasteiger partial charge < -0.3 is 4.90 Å². The van der Waals surface area contributed by atoms with E-state index in [2.05, 4.69) is 28.8 Å². The van der Waals surface area contributed by atoms with E-state index in [0.717, 1.165) is 11.6 Å². The van der Waals surface area contributed by atoms with Crippen LogP contribution >= 0.6 is 0 Å². The Kier molecular flexibility index (Phi) is 3.28. The van der Waals surface area contributed by atoms with Crippen molar-refractivity contribution in [2.75, 3.05) is 13.1 Å². The average Bonchev–Trinajstić information content (AvgIpc) is 2.59. The minimum atomic E-state index is 0.565. The van der Waals surface area contributed by atoms with Gasteiger partial charge in [-0.3, -0.25) is 4.68 Å². The monoisotopic (exact) mass is 222 g/mol. The molecule has 16 heavy (non-hydrogen) atoms. The summed E-state index contributed by atoms with van der Waals surface area (Å²) in [6, 6.07) is 0.666. The zero-order valence-electron chi connectivity index (χ0n) is 10.8. The maximum absolute atomic E-state index is 4.54. The van der Waals surface area contributed by atoms with Crippen LogP contribution in [0.3, 0.4) is 0 Å². The molecule has 4 nitrogen and oxygen atoms in total. The minimum Gasteiger partial charge on any atom is -0.301 e. The van der Waals surface area contributed by atoms with E-state index >= 15 is 0 Å². The van der Waals surface area contributed by atoms with Gasteiger partial charge in [0.15, 0.2) is 5.82 Å². The van der Waals surface area contributed by atoms with Crippen molar-refractivity contribution >= 4 is 0 Å². The Hall–Kier alpha value is -0.900. The van der Waals surface area contributed by atoms with Gasteiger partial charge in [-0.2, -0.15) is 5.10 Å². The summed E-state index contributed by atoms with van der Waals surface area (Å²) in [6.07, 6.45) is 2.39. The molecule has 0 aromatic carbocycles. The summed E-state index contributed by atoms with van der Waals surface area (Å²) in [6.45, 7) is 8.91. The first kappa shape index (κ1) is 11.6. The molecular formula is C12H22N4. The fraction of sp³-hybridized carbons (Fsp3) is 0.833. The van der Waals surface area contributed by atoms with Crippen LogP contribution in [0.2, 0.25) is 0 Å². The van der Waals surface area contributed by atoms with Gasteiger partial charge in [0.05, 0.1) is 0 Å². The molecule has 90 valence electrons. The van der Waals surface area contributed by atoms with Crippen molar-refractivity contribution in [3.8, 4) is 0 Å². The van der Waals surface area contributed by atoms with Crippen molar-refractivity contribution < 1.29 is 0 Å². The number of nitrogens with zero attached hydrogens (tertiary/aromatic N) is 4. The zero-order valence-corrected chi connectivity index (χ0v) is 10.8. The molecule has 2 heterocycles. The van der Waals surface area contributed by atoms with Crippen LogP contribution in [0.4, 0.5) is 0 Å². The average molecular weight is 222 g/mol. The highest BCUT2D eigenvalue weighted by atomic mass is 15.3. The predicted octanol–water partition coefficient (Wildman–Crippen LogP) is 1.71. The number of aryl methyl sites for hydroxylation is 2. The molecule has 1 aliphatic rings. The highest BCUT2D eigenvalue weighted by molar-refractivity contribution is 5.00. The fourth-order valence-corrected chi connectivity index (χ4v) is 2.33. The second kappa shape index (κ2) is 4.53. The van der Waals surface area contributed by atoms with Crippen molar-refractivity contribution in [3.05, 3.63) is 11.6 Å². The maximum Gasteiger partial charge on any atom is 0.154 e. The SMILES string of the molecule is Cc1nc(C2CCN(C(C)C)CC2)nn1C. The maximum atomic E-state index is 4.54. The summed E-state index contributed by atoms with van der Waals surface area (Å²) >= 11 is 0. The molecule has 2 rings (SSSR count). The number of likely N-dealkylation sites (tertiary alicyclic amines) is 1. The van der Waals surface area contributed by atoms with E-state index in [9.17, 15) is 0 Å². The first-order chi connectivity index (χ1) is 7.58. The fourth-order valence-electron chi connectivity index (χ4n) is 2.33. The molecule has 0 spiro atoms. The summed E-state index contributed by atoms with van der Waals surface area (Å²) < 4.78 is 1.88. The summed E-state index contributed by atoms with van der Waals surface area (Å²) in [5.41, 5.74) is 0. The van der Waals surface area contributed by atoms with Crippen molar-refractivity contribution in [3.63, 3.8) is 0 Å². The van der Waals surface area contributed by atoms with E-state index in [1.165, 1.54) is 25.9 Å². The van der Waals surface area contributed by atoms with Crippen LogP contribution in [0, 0.1) is 6.92 Å². The van der Waals surface area contributed by atoms with E-state index < -0.39 is 0 Å². The van der Waals surface area contributed by atoms with Gasteiger partial charge in [0.25, 0.3) is 0 Å². The number of aromatic nitrogens is 3.